The normalized spacial score (nSPS) is 31.4. The van der Waals surface area contributed by atoms with Crippen LogP contribution in [-0.4, -0.2) is 34.8 Å². The molecule has 1 heterocycles. The predicted octanol–water partition coefficient (Wildman–Crippen LogP) is 0.911. The van der Waals surface area contributed by atoms with Gasteiger partial charge in [0.1, 0.15) is 0 Å². The SMILES string of the molecule is CC1CCCC(NC(=O)C2CC(C(=O)O)=NO2)C1. The number of hydrogen-bond donors (Lipinski definition) is 2. The number of rotatable bonds is 3. The molecule has 0 spiro atoms. The molecular formula is C12H18N2O4. The highest BCUT2D eigenvalue weighted by Crippen LogP contribution is 2.24. The van der Waals surface area contributed by atoms with E-state index in [0.717, 1.165) is 19.3 Å². The highest BCUT2D eigenvalue weighted by Gasteiger charge is 2.33. The molecule has 0 aromatic carbocycles. The number of carboxylic acids is 1. The van der Waals surface area contributed by atoms with Gasteiger partial charge < -0.3 is 15.3 Å². The zero-order valence-electron chi connectivity index (χ0n) is 10.4. The summed E-state index contributed by atoms with van der Waals surface area (Å²) in [4.78, 5) is 27.4. The molecule has 2 N–H and O–H groups in total. The zero-order chi connectivity index (χ0) is 13.1. The molecule has 2 rings (SSSR count). The molecule has 3 unspecified atom stereocenters. The second-order valence-corrected chi connectivity index (χ2v) is 5.12. The van der Waals surface area contributed by atoms with Crippen LogP contribution in [0.1, 0.15) is 39.0 Å². The second-order valence-electron chi connectivity index (χ2n) is 5.12. The van der Waals surface area contributed by atoms with E-state index in [1.54, 1.807) is 0 Å². The zero-order valence-corrected chi connectivity index (χ0v) is 10.4. The Bertz CT molecular complexity index is 380. The predicted molar refractivity (Wildman–Crippen MR) is 64.1 cm³/mol. The van der Waals surface area contributed by atoms with Crippen molar-refractivity contribution in [3.8, 4) is 0 Å². The van der Waals surface area contributed by atoms with E-state index in [4.69, 9.17) is 9.94 Å². The first kappa shape index (κ1) is 12.9. The van der Waals surface area contributed by atoms with Crippen LogP contribution in [0.2, 0.25) is 0 Å². The number of oxime groups is 1. The maximum atomic E-state index is 11.9. The minimum atomic E-state index is -1.13. The number of carboxylic acid groups (broad SMARTS) is 1. The van der Waals surface area contributed by atoms with Crippen molar-refractivity contribution >= 4 is 17.6 Å². The van der Waals surface area contributed by atoms with E-state index in [0.29, 0.717) is 5.92 Å². The van der Waals surface area contributed by atoms with Gasteiger partial charge in [0.2, 0.25) is 6.10 Å². The van der Waals surface area contributed by atoms with Gasteiger partial charge in [-0.25, -0.2) is 4.79 Å². The fourth-order valence-corrected chi connectivity index (χ4v) is 2.50. The first-order valence-electron chi connectivity index (χ1n) is 6.32. The van der Waals surface area contributed by atoms with Crippen LogP contribution in [0.4, 0.5) is 0 Å². The molecule has 2 aliphatic rings. The van der Waals surface area contributed by atoms with Crippen molar-refractivity contribution in [2.24, 2.45) is 11.1 Å². The summed E-state index contributed by atoms with van der Waals surface area (Å²) >= 11 is 0. The van der Waals surface area contributed by atoms with Crippen molar-refractivity contribution in [1.29, 1.82) is 0 Å². The first-order chi connectivity index (χ1) is 8.56. The summed E-state index contributed by atoms with van der Waals surface area (Å²) < 4.78 is 0. The smallest absolute Gasteiger partial charge is 0.353 e. The molecular weight excluding hydrogens is 236 g/mol. The number of aliphatic carboxylic acids is 1. The van der Waals surface area contributed by atoms with Crippen molar-refractivity contribution < 1.29 is 19.5 Å². The van der Waals surface area contributed by atoms with Gasteiger partial charge in [-0.05, 0) is 18.8 Å². The Labute approximate surface area is 105 Å². The van der Waals surface area contributed by atoms with Crippen LogP contribution in [0.15, 0.2) is 5.16 Å². The molecule has 0 bridgehead atoms. The Morgan fingerprint density at radius 1 is 1.44 bits per heavy atom. The van der Waals surface area contributed by atoms with Gasteiger partial charge in [-0.15, -0.1) is 0 Å². The summed E-state index contributed by atoms with van der Waals surface area (Å²) in [5, 5.41) is 15.0. The van der Waals surface area contributed by atoms with Crippen LogP contribution < -0.4 is 5.32 Å². The van der Waals surface area contributed by atoms with Crippen LogP contribution in [0.3, 0.4) is 0 Å². The van der Waals surface area contributed by atoms with E-state index < -0.39 is 12.1 Å². The lowest BCUT2D eigenvalue weighted by molar-refractivity contribution is -0.132. The number of carbonyl (C=O) groups excluding carboxylic acids is 1. The van der Waals surface area contributed by atoms with E-state index >= 15 is 0 Å². The summed E-state index contributed by atoms with van der Waals surface area (Å²) in [5.41, 5.74) is -0.0906. The Hall–Kier alpha value is -1.59. The standard InChI is InChI=1S/C12H18N2O4/c1-7-3-2-4-8(5-7)13-11(15)10-6-9(12(16)17)14-18-10/h7-8,10H,2-6H2,1H3,(H,13,15)(H,16,17). The monoisotopic (exact) mass is 254 g/mol. The van der Waals surface area contributed by atoms with Crippen LogP contribution >= 0.6 is 0 Å². The molecule has 3 atom stereocenters. The Kier molecular flexibility index (Phi) is 3.84. The maximum Gasteiger partial charge on any atom is 0.353 e. The van der Waals surface area contributed by atoms with Crippen LogP contribution in [0.25, 0.3) is 0 Å². The lowest BCUT2D eigenvalue weighted by Gasteiger charge is -2.28. The van der Waals surface area contributed by atoms with Gasteiger partial charge in [0.15, 0.2) is 5.71 Å². The molecule has 1 aliphatic heterocycles. The summed E-state index contributed by atoms with van der Waals surface area (Å²) in [6.45, 7) is 2.18. The van der Waals surface area contributed by atoms with Gasteiger partial charge in [0.25, 0.3) is 5.91 Å². The first-order valence-corrected chi connectivity index (χ1v) is 6.32. The molecule has 1 fully saturated rings. The number of hydrogen-bond acceptors (Lipinski definition) is 4. The lowest BCUT2D eigenvalue weighted by atomic mass is 9.87. The molecule has 18 heavy (non-hydrogen) atoms. The maximum absolute atomic E-state index is 11.9. The van der Waals surface area contributed by atoms with Crippen LogP contribution in [0, 0.1) is 5.92 Å². The van der Waals surface area contributed by atoms with Crippen molar-refractivity contribution in [3.63, 3.8) is 0 Å². The molecule has 0 aromatic heterocycles. The van der Waals surface area contributed by atoms with E-state index in [9.17, 15) is 9.59 Å². The molecule has 0 saturated heterocycles. The summed E-state index contributed by atoms with van der Waals surface area (Å²) in [6.07, 6.45) is 3.55. The van der Waals surface area contributed by atoms with Crippen molar-refractivity contribution in [1.82, 2.24) is 5.32 Å². The van der Waals surface area contributed by atoms with Gasteiger partial charge in [0, 0.05) is 12.5 Å². The van der Waals surface area contributed by atoms with E-state index in [1.807, 2.05) is 0 Å². The van der Waals surface area contributed by atoms with Crippen LogP contribution in [0.5, 0.6) is 0 Å². The van der Waals surface area contributed by atoms with Crippen LogP contribution in [-0.2, 0) is 14.4 Å². The Balaban J connectivity index is 1.81. The molecule has 0 aromatic rings. The fraction of sp³-hybridized carbons (Fsp3) is 0.750. The largest absolute Gasteiger partial charge is 0.477 e. The fourth-order valence-electron chi connectivity index (χ4n) is 2.50. The Morgan fingerprint density at radius 3 is 2.83 bits per heavy atom. The molecule has 6 heteroatoms. The van der Waals surface area contributed by atoms with Gasteiger partial charge in [0.05, 0.1) is 0 Å². The molecule has 1 amide bonds. The minimum absolute atomic E-state index is 0.0451. The number of carbonyl (C=O) groups is 2. The van der Waals surface area contributed by atoms with Gasteiger partial charge >= 0.3 is 5.97 Å². The quantitative estimate of drug-likeness (QED) is 0.783. The summed E-state index contributed by atoms with van der Waals surface area (Å²) in [6, 6.07) is 0.179. The Morgan fingerprint density at radius 2 is 2.22 bits per heavy atom. The number of amides is 1. The van der Waals surface area contributed by atoms with Gasteiger partial charge in [-0.3, -0.25) is 4.79 Å². The minimum Gasteiger partial charge on any atom is -0.477 e. The van der Waals surface area contributed by atoms with Crippen molar-refractivity contribution in [2.45, 2.75) is 51.2 Å². The number of nitrogens with zero attached hydrogens (tertiary/aromatic N) is 1. The third kappa shape index (κ3) is 3.00. The van der Waals surface area contributed by atoms with Gasteiger partial charge in [-0.2, -0.15) is 0 Å². The average Bonchev–Trinajstić information content (AvgIpc) is 2.78. The average molecular weight is 254 g/mol. The summed E-state index contributed by atoms with van der Waals surface area (Å²) in [7, 11) is 0. The molecule has 6 nitrogen and oxygen atoms in total. The van der Waals surface area contributed by atoms with E-state index in [-0.39, 0.29) is 24.1 Å². The lowest BCUT2D eigenvalue weighted by Crippen LogP contribution is -2.43. The molecule has 1 saturated carbocycles. The molecule has 1 aliphatic carbocycles. The highest BCUT2D eigenvalue weighted by atomic mass is 16.6. The molecule has 0 radical (unpaired) electrons. The molecule has 100 valence electrons. The second kappa shape index (κ2) is 5.37. The van der Waals surface area contributed by atoms with Crippen molar-refractivity contribution in [2.75, 3.05) is 0 Å². The third-order valence-corrected chi connectivity index (χ3v) is 3.49. The topological polar surface area (TPSA) is 88.0 Å². The summed E-state index contributed by atoms with van der Waals surface area (Å²) in [5.74, 6) is -0.759. The van der Waals surface area contributed by atoms with E-state index in [2.05, 4.69) is 17.4 Å². The van der Waals surface area contributed by atoms with Gasteiger partial charge in [-0.1, -0.05) is 24.9 Å². The number of nitrogens with one attached hydrogen (secondary N) is 1. The third-order valence-electron chi connectivity index (χ3n) is 3.49. The highest BCUT2D eigenvalue weighted by molar-refractivity contribution is 6.36. The van der Waals surface area contributed by atoms with E-state index in [1.165, 1.54) is 6.42 Å². The van der Waals surface area contributed by atoms with Crippen molar-refractivity contribution in [3.05, 3.63) is 0 Å².